The number of para-hydroxylation sites is 1. The summed E-state index contributed by atoms with van der Waals surface area (Å²) >= 11 is 0. The van der Waals surface area contributed by atoms with Crippen LogP contribution >= 0.6 is 0 Å². The lowest BCUT2D eigenvalue weighted by Gasteiger charge is -2.38. The number of hydrogen-bond acceptors (Lipinski definition) is 4. The van der Waals surface area contributed by atoms with Gasteiger partial charge in [0, 0.05) is 38.8 Å². The Kier molecular flexibility index (Phi) is 6.02. The lowest BCUT2D eigenvalue weighted by atomic mass is 10.1. The molecular formula is C16H25N3O2. The predicted molar refractivity (Wildman–Crippen MR) is 83.2 cm³/mol. The molecule has 0 spiro atoms. The average molecular weight is 291 g/mol. The van der Waals surface area contributed by atoms with Crippen LogP contribution in [0.2, 0.25) is 0 Å². The number of rotatable bonds is 6. The molecule has 0 aliphatic carbocycles. The maximum absolute atomic E-state index is 12.1. The molecule has 1 heterocycles. The number of benzene rings is 1. The number of ether oxygens (including phenoxy) is 1. The first-order valence-electron chi connectivity index (χ1n) is 7.64. The molecule has 1 atom stereocenters. The van der Waals surface area contributed by atoms with Gasteiger partial charge < -0.3 is 15.4 Å². The van der Waals surface area contributed by atoms with E-state index in [1.807, 2.05) is 35.2 Å². The average Bonchev–Trinajstić information content (AvgIpc) is 2.55. The molecule has 21 heavy (non-hydrogen) atoms. The molecule has 116 valence electrons. The van der Waals surface area contributed by atoms with Crippen LogP contribution < -0.4 is 10.5 Å². The molecule has 1 aromatic carbocycles. The Morgan fingerprint density at radius 2 is 1.90 bits per heavy atom. The molecule has 0 aromatic heterocycles. The SMILES string of the molecule is CCC(CN)N1CCN(C(=O)COc2ccccc2)CC1. The topological polar surface area (TPSA) is 58.8 Å². The molecule has 0 radical (unpaired) electrons. The minimum absolute atomic E-state index is 0.0549. The number of nitrogens with two attached hydrogens (primary N) is 1. The highest BCUT2D eigenvalue weighted by Gasteiger charge is 2.24. The lowest BCUT2D eigenvalue weighted by molar-refractivity contribution is -0.135. The van der Waals surface area contributed by atoms with Crippen molar-refractivity contribution in [3.63, 3.8) is 0 Å². The fourth-order valence-corrected chi connectivity index (χ4v) is 2.66. The van der Waals surface area contributed by atoms with Crippen molar-refractivity contribution in [2.45, 2.75) is 19.4 Å². The van der Waals surface area contributed by atoms with Gasteiger partial charge in [-0.2, -0.15) is 0 Å². The molecule has 2 rings (SSSR count). The highest BCUT2D eigenvalue weighted by atomic mass is 16.5. The lowest BCUT2D eigenvalue weighted by Crippen LogP contribution is -2.54. The van der Waals surface area contributed by atoms with E-state index in [1.54, 1.807) is 0 Å². The third kappa shape index (κ3) is 4.44. The first-order chi connectivity index (χ1) is 10.2. The van der Waals surface area contributed by atoms with Gasteiger partial charge in [-0.1, -0.05) is 25.1 Å². The maximum atomic E-state index is 12.1. The molecule has 0 saturated carbocycles. The van der Waals surface area contributed by atoms with E-state index in [0.29, 0.717) is 12.6 Å². The zero-order valence-corrected chi connectivity index (χ0v) is 12.7. The van der Waals surface area contributed by atoms with Crippen LogP contribution in [-0.2, 0) is 4.79 Å². The highest BCUT2D eigenvalue weighted by Crippen LogP contribution is 2.11. The molecule has 1 fully saturated rings. The molecule has 1 unspecified atom stereocenters. The summed E-state index contributed by atoms with van der Waals surface area (Å²) in [7, 11) is 0. The summed E-state index contributed by atoms with van der Waals surface area (Å²) < 4.78 is 5.51. The molecule has 1 aliphatic rings. The van der Waals surface area contributed by atoms with Gasteiger partial charge in [-0.25, -0.2) is 0 Å². The summed E-state index contributed by atoms with van der Waals surface area (Å²) in [5, 5.41) is 0. The Hall–Kier alpha value is -1.59. The van der Waals surface area contributed by atoms with Gasteiger partial charge >= 0.3 is 0 Å². The predicted octanol–water partition coefficient (Wildman–Crippen LogP) is 0.947. The monoisotopic (exact) mass is 291 g/mol. The molecule has 1 aliphatic heterocycles. The van der Waals surface area contributed by atoms with Gasteiger partial charge in [-0.05, 0) is 18.6 Å². The second-order valence-electron chi connectivity index (χ2n) is 5.32. The summed E-state index contributed by atoms with van der Waals surface area (Å²) in [6.45, 7) is 6.25. The van der Waals surface area contributed by atoms with Gasteiger partial charge in [-0.3, -0.25) is 9.69 Å². The Morgan fingerprint density at radius 3 is 2.48 bits per heavy atom. The number of hydrogen-bond donors (Lipinski definition) is 1. The summed E-state index contributed by atoms with van der Waals surface area (Å²) in [6, 6.07) is 9.88. The van der Waals surface area contributed by atoms with Crippen molar-refractivity contribution in [1.29, 1.82) is 0 Å². The van der Waals surface area contributed by atoms with Crippen LogP contribution in [0.5, 0.6) is 5.75 Å². The molecule has 0 bridgehead atoms. The molecule has 5 nitrogen and oxygen atoms in total. The van der Waals surface area contributed by atoms with Crippen LogP contribution in [0.4, 0.5) is 0 Å². The van der Waals surface area contributed by atoms with Crippen LogP contribution in [0.25, 0.3) is 0 Å². The van der Waals surface area contributed by atoms with Crippen LogP contribution in [0.3, 0.4) is 0 Å². The van der Waals surface area contributed by atoms with E-state index >= 15 is 0 Å². The van der Waals surface area contributed by atoms with E-state index in [4.69, 9.17) is 10.5 Å². The Labute approximate surface area is 126 Å². The van der Waals surface area contributed by atoms with E-state index in [0.717, 1.165) is 38.3 Å². The third-order valence-corrected chi connectivity index (χ3v) is 4.03. The van der Waals surface area contributed by atoms with Crippen molar-refractivity contribution in [3.05, 3.63) is 30.3 Å². The van der Waals surface area contributed by atoms with Gasteiger partial charge in [0.15, 0.2) is 6.61 Å². The third-order valence-electron chi connectivity index (χ3n) is 4.03. The molecule has 1 amide bonds. The van der Waals surface area contributed by atoms with Crippen LogP contribution in [0.15, 0.2) is 30.3 Å². The standard InChI is InChI=1S/C16H25N3O2/c1-2-14(12-17)18-8-10-19(11-9-18)16(20)13-21-15-6-4-3-5-7-15/h3-7,14H,2,8-13,17H2,1H3. The highest BCUT2D eigenvalue weighted by molar-refractivity contribution is 5.77. The van der Waals surface area contributed by atoms with Gasteiger partial charge in [0.2, 0.25) is 0 Å². The Bertz CT molecular complexity index is 426. The molecule has 2 N–H and O–H groups in total. The Balaban J connectivity index is 1.75. The van der Waals surface area contributed by atoms with Crippen molar-refractivity contribution in [2.75, 3.05) is 39.3 Å². The van der Waals surface area contributed by atoms with E-state index < -0.39 is 0 Å². The fraction of sp³-hybridized carbons (Fsp3) is 0.562. The normalized spacial score (nSPS) is 17.5. The molecular weight excluding hydrogens is 266 g/mol. The molecule has 1 aromatic rings. The quantitative estimate of drug-likeness (QED) is 0.848. The van der Waals surface area contributed by atoms with Gasteiger partial charge in [0.25, 0.3) is 5.91 Å². The number of carbonyl (C=O) groups excluding carboxylic acids is 1. The van der Waals surface area contributed by atoms with E-state index in [9.17, 15) is 4.79 Å². The summed E-state index contributed by atoms with van der Waals surface area (Å²) in [4.78, 5) is 16.4. The second-order valence-corrected chi connectivity index (χ2v) is 5.32. The van der Waals surface area contributed by atoms with Gasteiger partial charge in [-0.15, -0.1) is 0 Å². The minimum Gasteiger partial charge on any atom is -0.484 e. The van der Waals surface area contributed by atoms with Crippen molar-refractivity contribution in [1.82, 2.24) is 9.80 Å². The number of amides is 1. The largest absolute Gasteiger partial charge is 0.484 e. The fourth-order valence-electron chi connectivity index (χ4n) is 2.66. The van der Waals surface area contributed by atoms with Crippen molar-refractivity contribution in [2.24, 2.45) is 5.73 Å². The van der Waals surface area contributed by atoms with Crippen LogP contribution in [0.1, 0.15) is 13.3 Å². The van der Waals surface area contributed by atoms with E-state index in [2.05, 4.69) is 11.8 Å². The molecule has 5 heteroatoms. The van der Waals surface area contributed by atoms with E-state index in [1.165, 1.54) is 0 Å². The summed E-state index contributed by atoms with van der Waals surface area (Å²) in [5.74, 6) is 0.790. The maximum Gasteiger partial charge on any atom is 0.260 e. The van der Waals surface area contributed by atoms with Crippen molar-refractivity contribution < 1.29 is 9.53 Å². The van der Waals surface area contributed by atoms with E-state index in [-0.39, 0.29) is 12.5 Å². The molecule has 1 saturated heterocycles. The zero-order chi connectivity index (χ0) is 15.1. The van der Waals surface area contributed by atoms with Gasteiger partial charge in [0.05, 0.1) is 0 Å². The Morgan fingerprint density at radius 1 is 1.24 bits per heavy atom. The van der Waals surface area contributed by atoms with Gasteiger partial charge in [0.1, 0.15) is 5.75 Å². The number of nitrogens with zero attached hydrogens (tertiary/aromatic N) is 2. The van der Waals surface area contributed by atoms with Crippen LogP contribution in [-0.4, -0.2) is 61.1 Å². The smallest absolute Gasteiger partial charge is 0.260 e. The summed E-state index contributed by atoms with van der Waals surface area (Å²) in [5.41, 5.74) is 5.78. The van der Waals surface area contributed by atoms with Crippen LogP contribution in [0, 0.1) is 0 Å². The van der Waals surface area contributed by atoms with Crippen molar-refractivity contribution >= 4 is 5.91 Å². The second kappa shape index (κ2) is 8.00. The first-order valence-corrected chi connectivity index (χ1v) is 7.64. The first kappa shape index (κ1) is 15.8. The number of carbonyl (C=O) groups is 1. The zero-order valence-electron chi connectivity index (χ0n) is 12.7. The van der Waals surface area contributed by atoms with Crippen molar-refractivity contribution in [3.8, 4) is 5.75 Å². The number of piperazine rings is 1. The summed E-state index contributed by atoms with van der Waals surface area (Å²) in [6.07, 6.45) is 1.06. The minimum atomic E-state index is 0.0549.